The number of nitrogens with zero attached hydrogens (tertiary/aromatic N) is 3. The molecular weight excluding hydrogens is 452 g/mol. The highest BCUT2D eigenvalue weighted by atomic mass is 79.9. The van der Waals surface area contributed by atoms with Crippen LogP contribution in [0.25, 0.3) is 11.5 Å². The van der Waals surface area contributed by atoms with Crippen molar-refractivity contribution >= 4 is 34.3 Å². The Balaban J connectivity index is 0.00000145. The molecule has 0 atom stereocenters. The Labute approximate surface area is 172 Å². The molecule has 0 radical (unpaired) electrons. The maximum Gasteiger partial charge on any atom is 0.314 e. The summed E-state index contributed by atoms with van der Waals surface area (Å²) in [4.78, 5) is 24.2. The summed E-state index contributed by atoms with van der Waals surface area (Å²) < 4.78 is 30.7. The van der Waals surface area contributed by atoms with Crippen LogP contribution >= 0.6 is 15.9 Å². The fraction of sp³-hybridized carbons (Fsp3) is 0.167. The highest BCUT2D eigenvalue weighted by Gasteiger charge is 2.17. The van der Waals surface area contributed by atoms with Gasteiger partial charge in [-0.15, -0.1) is 10.2 Å². The Hall–Kier alpha value is -3.21. The van der Waals surface area contributed by atoms with Crippen LogP contribution in [0.2, 0.25) is 0 Å². The number of pyridine rings is 1. The van der Waals surface area contributed by atoms with Crippen LogP contribution in [0.4, 0.5) is 14.5 Å². The molecule has 3 rings (SSSR count). The summed E-state index contributed by atoms with van der Waals surface area (Å²) in [5.74, 6) is -0.965. The first-order chi connectivity index (χ1) is 14.0. The molecule has 11 heteroatoms. The number of nitrogens with one attached hydrogen (secondary N) is 2. The minimum atomic E-state index is -2.82. The van der Waals surface area contributed by atoms with Gasteiger partial charge in [-0.25, -0.2) is 0 Å². The average Bonchev–Trinajstić information content (AvgIpc) is 3.25. The van der Waals surface area contributed by atoms with Crippen LogP contribution in [0.15, 0.2) is 45.4 Å². The van der Waals surface area contributed by atoms with Crippen molar-refractivity contribution in [1.82, 2.24) is 20.5 Å². The lowest BCUT2D eigenvalue weighted by atomic mass is 10.1. The van der Waals surface area contributed by atoms with E-state index in [0.717, 1.165) is 4.47 Å². The third-order valence-electron chi connectivity index (χ3n) is 3.61. The van der Waals surface area contributed by atoms with Gasteiger partial charge in [0, 0.05) is 23.4 Å². The lowest BCUT2D eigenvalue weighted by Gasteiger charge is -2.11. The molecule has 3 aromatic rings. The lowest BCUT2D eigenvalue weighted by molar-refractivity contribution is -0.0980. The summed E-state index contributed by atoms with van der Waals surface area (Å²) in [6.45, 7) is 2.36. The smallest absolute Gasteiger partial charge is 0.314 e. The van der Waals surface area contributed by atoms with Gasteiger partial charge in [0.15, 0.2) is 0 Å². The van der Waals surface area contributed by atoms with E-state index < -0.39 is 12.3 Å². The molecule has 2 heterocycles. The zero-order valence-electron chi connectivity index (χ0n) is 15.2. The van der Waals surface area contributed by atoms with Crippen molar-refractivity contribution < 1.29 is 22.8 Å². The molecule has 0 fully saturated rings. The van der Waals surface area contributed by atoms with Crippen molar-refractivity contribution in [3.05, 3.63) is 58.1 Å². The molecule has 0 saturated heterocycles. The zero-order valence-corrected chi connectivity index (χ0v) is 16.7. The van der Waals surface area contributed by atoms with Crippen LogP contribution in [0.5, 0.6) is 0 Å². The number of alkyl halides is 2. The minimum Gasteiger partial charge on any atom is -0.415 e. The van der Waals surface area contributed by atoms with Gasteiger partial charge in [-0.2, -0.15) is 8.78 Å². The largest absolute Gasteiger partial charge is 0.415 e. The van der Waals surface area contributed by atoms with Gasteiger partial charge in [0.2, 0.25) is 5.89 Å². The number of aromatic nitrogens is 3. The van der Waals surface area contributed by atoms with Crippen molar-refractivity contribution in [3.63, 3.8) is 0 Å². The van der Waals surface area contributed by atoms with Crippen molar-refractivity contribution in [3.8, 4) is 11.5 Å². The van der Waals surface area contributed by atoms with Gasteiger partial charge in [0.05, 0.1) is 23.4 Å². The SMILES string of the molecule is C=O.CNC(=O)c1cc(Br)ccc1NCc1ccc(-c2nnc(C(F)F)o2)cn1. The summed E-state index contributed by atoms with van der Waals surface area (Å²) in [5.41, 5.74) is 2.27. The number of carbonyl (C=O) groups excluding carboxylic acids is 2. The van der Waals surface area contributed by atoms with Gasteiger partial charge < -0.3 is 19.8 Å². The number of benzene rings is 1. The third-order valence-corrected chi connectivity index (χ3v) is 4.11. The number of hydrogen-bond acceptors (Lipinski definition) is 7. The topological polar surface area (TPSA) is 110 Å². The number of amides is 1. The van der Waals surface area contributed by atoms with E-state index in [1.807, 2.05) is 12.9 Å². The van der Waals surface area contributed by atoms with E-state index in [1.54, 1.807) is 31.3 Å². The first-order valence-corrected chi connectivity index (χ1v) is 8.88. The molecular formula is C18H16BrF2N5O3. The van der Waals surface area contributed by atoms with E-state index in [1.165, 1.54) is 6.20 Å². The fourth-order valence-electron chi connectivity index (χ4n) is 2.27. The van der Waals surface area contributed by atoms with E-state index in [-0.39, 0.29) is 11.8 Å². The van der Waals surface area contributed by atoms with Crippen molar-refractivity contribution in [2.75, 3.05) is 12.4 Å². The second-order valence-electron chi connectivity index (χ2n) is 5.41. The molecule has 0 saturated carbocycles. The molecule has 1 amide bonds. The van der Waals surface area contributed by atoms with Crippen molar-refractivity contribution in [2.24, 2.45) is 0 Å². The molecule has 1 aromatic carbocycles. The van der Waals surface area contributed by atoms with Gasteiger partial charge in [0.1, 0.15) is 6.79 Å². The molecule has 29 heavy (non-hydrogen) atoms. The molecule has 0 unspecified atom stereocenters. The average molecular weight is 468 g/mol. The van der Waals surface area contributed by atoms with E-state index >= 15 is 0 Å². The molecule has 0 bridgehead atoms. The first-order valence-electron chi connectivity index (χ1n) is 8.09. The number of halogens is 3. The van der Waals surface area contributed by atoms with E-state index in [9.17, 15) is 13.6 Å². The predicted octanol–water partition coefficient (Wildman–Crippen LogP) is 3.62. The van der Waals surface area contributed by atoms with Gasteiger partial charge >= 0.3 is 6.43 Å². The van der Waals surface area contributed by atoms with E-state index in [4.69, 9.17) is 9.21 Å². The summed E-state index contributed by atoms with van der Waals surface area (Å²) in [6, 6.07) is 8.67. The molecule has 0 spiro atoms. The first kappa shape index (κ1) is 22.1. The van der Waals surface area contributed by atoms with E-state index in [2.05, 4.69) is 41.7 Å². The Morgan fingerprint density at radius 3 is 2.59 bits per heavy atom. The molecule has 8 nitrogen and oxygen atoms in total. The minimum absolute atomic E-state index is 0.0212. The quantitative estimate of drug-likeness (QED) is 0.569. The van der Waals surface area contributed by atoms with Gasteiger partial charge in [-0.3, -0.25) is 9.78 Å². The Morgan fingerprint density at radius 2 is 2.00 bits per heavy atom. The molecule has 0 aliphatic heterocycles. The second-order valence-corrected chi connectivity index (χ2v) is 6.32. The highest BCUT2D eigenvalue weighted by Crippen LogP contribution is 2.24. The van der Waals surface area contributed by atoms with Crippen molar-refractivity contribution in [1.29, 1.82) is 0 Å². The van der Waals surface area contributed by atoms with Crippen LogP contribution in [-0.2, 0) is 11.3 Å². The molecule has 2 N–H and O–H groups in total. The highest BCUT2D eigenvalue weighted by molar-refractivity contribution is 9.10. The molecule has 0 aliphatic carbocycles. The number of rotatable bonds is 6. The van der Waals surface area contributed by atoms with E-state index in [0.29, 0.717) is 29.1 Å². The van der Waals surface area contributed by atoms with Crippen LogP contribution in [-0.4, -0.2) is 34.9 Å². The maximum atomic E-state index is 12.5. The molecule has 0 aliphatic rings. The van der Waals surface area contributed by atoms with Crippen LogP contribution in [0, 0.1) is 0 Å². The number of anilines is 1. The van der Waals surface area contributed by atoms with Crippen LogP contribution < -0.4 is 10.6 Å². The standard InChI is InChI=1S/C17H14BrF2N5O2.CH2O/c1-21-15(26)12-6-10(18)3-5-13(12)23-8-11-4-2-9(7-22-11)16-24-25-17(27-16)14(19)20;1-2/h2-7,14,23H,8H2,1H3,(H,21,26);1H2. The van der Waals surface area contributed by atoms with Crippen molar-refractivity contribution in [2.45, 2.75) is 13.0 Å². The molecule has 152 valence electrons. The Bertz CT molecular complexity index is 966. The van der Waals surface area contributed by atoms with Gasteiger partial charge in [0.25, 0.3) is 11.8 Å². The van der Waals surface area contributed by atoms with Gasteiger partial charge in [-0.1, -0.05) is 15.9 Å². The van der Waals surface area contributed by atoms with Crippen LogP contribution in [0.3, 0.4) is 0 Å². The molecule has 2 aromatic heterocycles. The number of hydrogen-bond donors (Lipinski definition) is 2. The normalized spacial score (nSPS) is 10.2. The van der Waals surface area contributed by atoms with Gasteiger partial charge in [-0.05, 0) is 30.3 Å². The lowest BCUT2D eigenvalue weighted by Crippen LogP contribution is -2.19. The summed E-state index contributed by atoms with van der Waals surface area (Å²) in [5, 5.41) is 12.6. The summed E-state index contributed by atoms with van der Waals surface area (Å²) in [6.07, 6.45) is -1.36. The second kappa shape index (κ2) is 10.4. The zero-order chi connectivity index (χ0) is 21.4. The number of carbonyl (C=O) groups is 2. The van der Waals surface area contributed by atoms with Crippen LogP contribution in [0.1, 0.15) is 28.4 Å². The summed E-state index contributed by atoms with van der Waals surface area (Å²) >= 11 is 3.34. The third kappa shape index (κ3) is 5.64. The predicted molar refractivity (Wildman–Crippen MR) is 104 cm³/mol. The Morgan fingerprint density at radius 1 is 1.24 bits per heavy atom. The Kier molecular flexibility index (Phi) is 7.89. The monoisotopic (exact) mass is 467 g/mol. The maximum absolute atomic E-state index is 12.5. The summed E-state index contributed by atoms with van der Waals surface area (Å²) in [7, 11) is 1.56. The fourth-order valence-corrected chi connectivity index (χ4v) is 2.64.